The number of likely N-dealkylation sites (tertiary alicyclic amines) is 2. The van der Waals surface area contributed by atoms with Gasteiger partial charge in [0.2, 0.25) is 18.2 Å². The van der Waals surface area contributed by atoms with Crippen molar-refractivity contribution in [3.05, 3.63) is 66.3 Å². The molecular weight excluding hydrogens is 886 g/mol. The molecule has 3 aromatic heterocycles. The Morgan fingerprint density at radius 3 is 2.01 bits per heavy atom. The van der Waals surface area contributed by atoms with E-state index in [4.69, 9.17) is 9.47 Å². The largest absolute Gasteiger partial charge is 0.469 e. The number of aliphatic hydroxyl groups excluding tert-OH is 1. The Bertz CT molecular complexity index is 2720. The first-order valence-electron chi connectivity index (χ1n) is 22.2. The third kappa shape index (κ3) is 8.72. The summed E-state index contributed by atoms with van der Waals surface area (Å²) in [4.78, 5) is 56.5. The Hall–Kier alpha value is -6.06. The molecular formula is C46H52F5N9O7. The second kappa shape index (κ2) is 17.2. The maximum absolute atomic E-state index is 16.4. The predicted octanol–water partition coefficient (Wildman–Crippen LogP) is 7.26. The number of aromatic nitrogens is 5. The summed E-state index contributed by atoms with van der Waals surface area (Å²) in [6, 6.07) is 6.07. The number of hydrogen-bond donors (Lipinski definition) is 5. The fraction of sp³-hybridized carbons (Fsp3) is 0.500. The summed E-state index contributed by atoms with van der Waals surface area (Å²) in [6.07, 6.45) is 0.487. The second-order valence-corrected chi connectivity index (χ2v) is 18.6. The molecule has 1 saturated carbocycles. The number of ether oxygens (including phenoxy) is 3. The Kier molecular flexibility index (Phi) is 11.8. The average Bonchev–Trinajstić information content (AvgIpc) is 3.67. The second-order valence-electron chi connectivity index (χ2n) is 18.6. The van der Waals surface area contributed by atoms with E-state index < -0.39 is 104 Å². The molecule has 67 heavy (non-hydrogen) atoms. The lowest BCUT2D eigenvalue weighted by Crippen LogP contribution is -2.53. The SMILES string of the molecule is COC(=O)NC(C(=O)N1CC(F)(F)CC1c1ncc(-c2cc3c(cc2F)-c2cc4cc(-c5cnc(C6CC(F)(F)CN6C(=O)C(NC(O)OC)C(C)C)[nH]5)ccc4n2C(C2CC2)O3)[nH]1)C(C)C. The van der Waals surface area contributed by atoms with Crippen molar-refractivity contribution in [3.63, 3.8) is 0 Å². The third-order valence-corrected chi connectivity index (χ3v) is 13.1. The van der Waals surface area contributed by atoms with Gasteiger partial charge >= 0.3 is 6.09 Å². The highest BCUT2D eigenvalue weighted by Crippen LogP contribution is 2.52. The van der Waals surface area contributed by atoms with Gasteiger partial charge in [0.1, 0.15) is 29.3 Å². The normalized spacial score (nSPS) is 22.1. The maximum atomic E-state index is 16.4. The van der Waals surface area contributed by atoms with Crippen LogP contribution < -0.4 is 15.4 Å². The molecule has 4 aliphatic rings. The van der Waals surface area contributed by atoms with Gasteiger partial charge in [0.25, 0.3) is 11.8 Å². The number of H-pyrrole nitrogens is 2. The predicted molar refractivity (Wildman–Crippen MR) is 232 cm³/mol. The van der Waals surface area contributed by atoms with Crippen LogP contribution in [0.15, 0.2) is 48.8 Å². The van der Waals surface area contributed by atoms with Crippen LogP contribution in [-0.2, 0) is 19.1 Å². The van der Waals surface area contributed by atoms with Crippen molar-refractivity contribution in [3.8, 4) is 39.5 Å². The van der Waals surface area contributed by atoms with Crippen LogP contribution in [0.25, 0.3) is 44.7 Å². The van der Waals surface area contributed by atoms with Gasteiger partial charge in [0, 0.05) is 47.9 Å². The van der Waals surface area contributed by atoms with Gasteiger partial charge in [0.15, 0.2) is 6.23 Å². The minimum Gasteiger partial charge on any atom is -0.469 e. The van der Waals surface area contributed by atoms with Gasteiger partial charge < -0.3 is 49.0 Å². The fourth-order valence-corrected chi connectivity index (χ4v) is 9.52. The number of carbonyl (C=O) groups excluding carboxylic acids is 3. The molecule has 0 bridgehead atoms. The van der Waals surface area contributed by atoms with Crippen molar-refractivity contribution in [1.82, 2.24) is 44.9 Å². The fourth-order valence-electron chi connectivity index (χ4n) is 9.52. The molecule has 0 radical (unpaired) electrons. The monoisotopic (exact) mass is 937 g/mol. The van der Waals surface area contributed by atoms with Crippen LogP contribution in [0.5, 0.6) is 5.75 Å². The van der Waals surface area contributed by atoms with Gasteiger partial charge in [-0.25, -0.2) is 36.7 Å². The number of nitrogens with one attached hydrogen (secondary N) is 4. The number of benzene rings is 2. The Balaban J connectivity index is 1.00. The van der Waals surface area contributed by atoms with Crippen molar-refractivity contribution in [2.45, 2.75) is 102 Å². The molecule has 0 spiro atoms. The average molecular weight is 938 g/mol. The van der Waals surface area contributed by atoms with E-state index in [1.807, 2.05) is 28.8 Å². The smallest absolute Gasteiger partial charge is 0.407 e. The van der Waals surface area contributed by atoms with E-state index in [0.29, 0.717) is 28.3 Å². The van der Waals surface area contributed by atoms with Crippen molar-refractivity contribution in [2.24, 2.45) is 17.8 Å². The van der Waals surface area contributed by atoms with Gasteiger partial charge in [0.05, 0.1) is 73.3 Å². The van der Waals surface area contributed by atoms with Gasteiger partial charge in [-0.1, -0.05) is 33.8 Å². The lowest BCUT2D eigenvalue weighted by Gasteiger charge is -2.31. The Morgan fingerprint density at radius 2 is 1.43 bits per heavy atom. The highest BCUT2D eigenvalue weighted by molar-refractivity contribution is 5.92. The molecule has 6 heterocycles. The lowest BCUT2D eigenvalue weighted by molar-refractivity contribution is -0.146. The zero-order valence-electron chi connectivity index (χ0n) is 37.6. The highest BCUT2D eigenvalue weighted by atomic mass is 19.3. The number of carbonyl (C=O) groups is 3. The number of rotatable bonds is 13. The Morgan fingerprint density at radius 1 is 0.836 bits per heavy atom. The number of alkyl carbamates (subject to hydrolysis) is 1. The van der Waals surface area contributed by atoms with Crippen molar-refractivity contribution in [1.29, 1.82) is 0 Å². The number of nitrogens with zero attached hydrogens (tertiary/aromatic N) is 5. The van der Waals surface area contributed by atoms with E-state index in [-0.39, 0.29) is 34.7 Å². The first-order chi connectivity index (χ1) is 31.8. The molecule has 2 saturated heterocycles. The lowest BCUT2D eigenvalue weighted by atomic mass is 10.0. The minimum atomic E-state index is -3.25. The Labute approximate surface area is 381 Å². The quantitative estimate of drug-likeness (QED) is 0.0593. The third-order valence-electron chi connectivity index (χ3n) is 13.1. The molecule has 5 aromatic rings. The molecule has 2 aromatic carbocycles. The summed E-state index contributed by atoms with van der Waals surface area (Å²) in [5, 5.41) is 15.9. The van der Waals surface area contributed by atoms with Crippen LogP contribution >= 0.6 is 0 Å². The summed E-state index contributed by atoms with van der Waals surface area (Å²) in [5.41, 5.74) is 3.45. The number of amides is 3. The first kappa shape index (κ1) is 46.1. The molecule has 21 heteroatoms. The number of hydrogen-bond acceptors (Lipinski definition) is 10. The summed E-state index contributed by atoms with van der Waals surface area (Å²) < 4.78 is 94.6. The number of halogens is 5. The van der Waals surface area contributed by atoms with Crippen molar-refractivity contribution in [2.75, 3.05) is 27.3 Å². The number of alkyl halides is 4. The van der Waals surface area contributed by atoms with Crippen LogP contribution in [-0.4, -0.2) is 115 Å². The van der Waals surface area contributed by atoms with Crippen molar-refractivity contribution >= 4 is 28.8 Å². The number of aliphatic hydroxyl groups is 1. The topological polar surface area (TPSA) is 192 Å². The molecule has 6 unspecified atom stereocenters. The molecule has 5 N–H and O–H groups in total. The standard InChI is InChI=1S/C46H52F5N9O7/c1-21(2)36(56-43(63)65-5)40(61)58-19-45(48,49)15-33(58)38-52-17-29(54-38)24-9-10-31-25(11-24)12-32-27-13-28(47)26(14-35(27)67-42(60(31)32)23-7-8-23)30-18-53-39(55-30)34-16-46(50,51)20-59(34)41(62)37(22(3)4)57-44(64)66-6/h9-14,17-18,21-23,33-34,36-37,42-43,56,63H,7-8,15-16,19-20H2,1-6H3,(H,52,54)(H,53,55)(H,57,64). The summed E-state index contributed by atoms with van der Waals surface area (Å²) in [6.45, 7) is 5.08. The number of imidazole rings is 2. The number of methoxy groups -OCH3 is 2. The molecule has 16 nitrogen and oxygen atoms in total. The van der Waals surface area contributed by atoms with Gasteiger partial charge in [-0.3, -0.25) is 14.9 Å². The van der Waals surface area contributed by atoms with Gasteiger partial charge in [-0.15, -0.1) is 0 Å². The molecule has 1 aliphatic carbocycles. The van der Waals surface area contributed by atoms with E-state index in [1.54, 1.807) is 33.8 Å². The molecule has 3 aliphatic heterocycles. The van der Waals surface area contributed by atoms with E-state index in [2.05, 4.69) is 35.3 Å². The maximum Gasteiger partial charge on any atom is 0.407 e. The number of fused-ring (bicyclic) bond motifs is 5. The number of aromatic amines is 2. The molecule has 3 fully saturated rings. The van der Waals surface area contributed by atoms with Crippen LogP contribution in [0.4, 0.5) is 26.7 Å². The summed E-state index contributed by atoms with van der Waals surface area (Å²) in [7, 11) is 2.38. The van der Waals surface area contributed by atoms with E-state index >= 15 is 22.0 Å². The summed E-state index contributed by atoms with van der Waals surface area (Å²) >= 11 is 0. The van der Waals surface area contributed by atoms with Gasteiger partial charge in [-0.2, -0.15) is 0 Å². The van der Waals surface area contributed by atoms with Crippen LogP contribution in [0, 0.1) is 23.6 Å². The van der Waals surface area contributed by atoms with Crippen molar-refractivity contribution < 1.29 is 55.7 Å². The molecule has 6 atom stereocenters. The zero-order valence-corrected chi connectivity index (χ0v) is 37.6. The van der Waals surface area contributed by atoms with E-state index in [1.165, 1.54) is 25.6 Å². The first-order valence-corrected chi connectivity index (χ1v) is 22.2. The molecule has 3 amide bonds. The van der Waals surface area contributed by atoms with Crippen LogP contribution in [0.2, 0.25) is 0 Å². The zero-order chi connectivity index (χ0) is 47.9. The van der Waals surface area contributed by atoms with E-state index in [0.717, 1.165) is 40.7 Å². The van der Waals surface area contributed by atoms with Crippen LogP contribution in [0.1, 0.15) is 83.3 Å². The highest BCUT2D eigenvalue weighted by Gasteiger charge is 2.52. The summed E-state index contributed by atoms with van der Waals surface area (Å²) in [5.74, 6) is -8.49. The van der Waals surface area contributed by atoms with Crippen LogP contribution in [0.3, 0.4) is 0 Å². The van der Waals surface area contributed by atoms with E-state index in [9.17, 15) is 19.5 Å². The minimum absolute atomic E-state index is 0.0260. The van der Waals surface area contributed by atoms with Gasteiger partial charge in [-0.05, 0) is 55.0 Å². The molecule has 358 valence electrons. The molecule has 9 rings (SSSR count).